The summed E-state index contributed by atoms with van der Waals surface area (Å²) in [6.07, 6.45) is 11.7. The predicted octanol–water partition coefficient (Wildman–Crippen LogP) is 3.32. The minimum absolute atomic E-state index is 0.731. The van der Waals surface area contributed by atoms with Gasteiger partial charge in [-0.3, -0.25) is 5.09 Å². The van der Waals surface area contributed by atoms with Crippen LogP contribution in [0.25, 0.3) is 0 Å². The summed E-state index contributed by atoms with van der Waals surface area (Å²) in [4.78, 5) is 17.2. The molecule has 0 aromatic rings. The molecule has 0 heterocycles. The van der Waals surface area contributed by atoms with E-state index in [0.717, 1.165) is 13.0 Å². The van der Waals surface area contributed by atoms with E-state index in [1.165, 1.54) is 51.4 Å². The van der Waals surface area contributed by atoms with Gasteiger partial charge >= 0.3 is 0 Å². The number of rotatable bonds is 11. The van der Waals surface area contributed by atoms with E-state index in [1.54, 1.807) is 0 Å². The molecule has 3 N–H and O–H groups in total. The summed E-state index contributed by atoms with van der Waals surface area (Å²) >= 11 is 0. The topological polar surface area (TPSA) is 52.5 Å². The molecule has 0 bridgehead atoms. The Bertz CT molecular complexity index is 123. The Labute approximate surface area is 95.3 Å². The molecule has 0 unspecified atom stereocenters. The van der Waals surface area contributed by atoms with E-state index in [4.69, 9.17) is 9.79 Å². The van der Waals surface area contributed by atoms with Crippen molar-refractivity contribution >= 4 is 8.53 Å². The first kappa shape index (κ1) is 15.3. The Morgan fingerprint density at radius 3 is 1.73 bits per heavy atom. The average Bonchev–Trinajstić information content (AvgIpc) is 2.20. The molecule has 4 heteroatoms. The van der Waals surface area contributed by atoms with Crippen LogP contribution in [0.3, 0.4) is 0 Å². The number of unbranched alkanes of at least 4 members (excludes halogenated alkanes) is 8. The standard InChI is InChI=1S/C11H26NO2P/c1-2-3-4-5-6-7-8-9-10-11-12-15(13)14/h12-14H,2-11H2,1H3. The number of hydrogen-bond donors (Lipinski definition) is 3. The van der Waals surface area contributed by atoms with Crippen molar-refractivity contribution < 1.29 is 9.79 Å². The lowest BCUT2D eigenvalue weighted by molar-refractivity contribution is 0.461. The van der Waals surface area contributed by atoms with Gasteiger partial charge in [-0.1, -0.05) is 58.3 Å². The number of nitrogens with one attached hydrogen (secondary N) is 1. The molecule has 15 heavy (non-hydrogen) atoms. The van der Waals surface area contributed by atoms with E-state index in [0.29, 0.717) is 0 Å². The van der Waals surface area contributed by atoms with Crippen LogP contribution in [0.5, 0.6) is 0 Å². The van der Waals surface area contributed by atoms with E-state index >= 15 is 0 Å². The Morgan fingerprint density at radius 1 is 0.800 bits per heavy atom. The normalized spacial score (nSPS) is 11.2. The highest BCUT2D eigenvalue weighted by Gasteiger charge is 1.96. The van der Waals surface area contributed by atoms with Crippen molar-refractivity contribution in [2.45, 2.75) is 64.7 Å². The van der Waals surface area contributed by atoms with Gasteiger partial charge in [0.15, 0.2) is 0 Å². The zero-order chi connectivity index (χ0) is 11.4. The van der Waals surface area contributed by atoms with Gasteiger partial charge in [0.1, 0.15) is 0 Å². The fraction of sp³-hybridized carbons (Fsp3) is 1.00. The minimum atomic E-state index is -1.89. The molecule has 0 aliphatic heterocycles. The van der Waals surface area contributed by atoms with Crippen LogP contribution in [0.4, 0.5) is 0 Å². The molecule has 0 atom stereocenters. The van der Waals surface area contributed by atoms with Crippen molar-refractivity contribution in [3.8, 4) is 0 Å². The summed E-state index contributed by atoms with van der Waals surface area (Å²) in [5, 5.41) is 2.64. The lowest BCUT2D eigenvalue weighted by atomic mass is 10.1. The zero-order valence-corrected chi connectivity index (χ0v) is 10.8. The smallest absolute Gasteiger partial charge is 0.250 e. The van der Waals surface area contributed by atoms with Gasteiger partial charge in [0, 0.05) is 6.54 Å². The summed E-state index contributed by atoms with van der Waals surface area (Å²) in [5.41, 5.74) is 0. The molecule has 0 rings (SSSR count). The molecule has 0 spiro atoms. The van der Waals surface area contributed by atoms with Crippen LogP contribution in [-0.2, 0) is 0 Å². The molecule has 0 aromatic carbocycles. The first-order valence-electron chi connectivity index (χ1n) is 6.18. The highest BCUT2D eigenvalue weighted by atomic mass is 31.2. The molecule has 0 radical (unpaired) electrons. The molecule has 92 valence electrons. The van der Waals surface area contributed by atoms with E-state index in [1.807, 2.05) is 0 Å². The first-order valence-corrected chi connectivity index (χ1v) is 7.43. The first-order chi connectivity index (χ1) is 7.27. The molecule has 0 fully saturated rings. The maximum absolute atomic E-state index is 8.58. The third-order valence-electron chi connectivity index (χ3n) is 2.53. The maximum Gasteiger partial charge on any atom is 0.250 e. The highest BCUT2D eigenvalue weighted by molar-refractivity contribution is 7.42. The Hall–Kier alpha value is 0.310. The SMILES string of the molecule is CCCCCCCCCCCNP(O)O. The maximum atomic E-state index is 8.58. The van der Waals surface area contributed by atoms with Crippen molar-refractivity contribution in [1.82, 2.24) is 5.09 Å². The van der Waals surface area contributed by atoms with E-state index < -0.39 is 8.53 Å². The van der Waals surface area contributed by atoms with E-state index in [9.17, 15) is 0 Å². The largest absolute Gasteiger partial charge is 0.338 e. The van der Waals surface area contributed by atoms with Gasteiger partial charge in [0.2, 0.25) is 8.53 Å². The lowest BCUT2D eigenvalue weighted by Gasteiger charge is -2.04. The zero-order valence-electron chi connectivity index (χ0n) is 9.91. The Balaban J connectivity index is 2.87. The van der Waals surface area contributed by atoms with Crippen LogP contribution >= 0.6 is 8.53 Å². The summed E-state index contributed by atoms with van der Waals surface area (Å²) in [6.45, 7) is 2.97. The molecular weight excluding hydrogens is 209 g/mol. The highest BCUT2D eigenvalue weighted by Crippen LogP contribution is 2.15. The van der Waals surface area contributed by atoms with E-state index in [2.05, 4.69) is 12.0 Å². The van der Waals surface area contributed by atoms with Gasteiger partial charge in [0.05, 0.1) is 0 Å². The molecule has 0 aromatic heterocycles. The third kappa shape index (κ3) is 14.3. The quantitative estimate of drug-likeness (QED) is 0.380. The predicted molar refractivity (Wildman–Crippen MR) is 66.6 cm³/mol. The van der Waals surface area contributed by atoms with Crippen LogP contribution < -0.4 is 5.09 Å². The lowest BCUT2D eigenvalue weighted by Crippen LogP contribution is -2.07. The van der Waals surface area contributed by atoms with Gasteiger partial charge < -0.3 is 9.79 Å². The fourth-order valence-corrected chi connectivity index (χ4v) is 1.97. The fourth-order valence-electron chi connectivity index (χ4n) is 1.61. The molecule has 3 nitrogen and oxygen atoms in total. The van der Waals surface area contributed by atoms with Crippen molar-refractivity contribution in [3.05, 3.63) is 0 Å². The van der Waals surface area contributed by atoms with E-state index in [-0.39, 0.29) is 0 Å². The molecule has 0 amide bonds. The van der Waals surface area contributed by atoms with Crippen molar-refractivity contribution in [2.24, 2.45) is 0 Å². The molecule has 0 aliphatic rings. The van der Waals surface area contributed by atoms with Crippen LogP contribution in [-0.4, -0.2) is 16.3 Å². The van der Waals surface area contributed by atoms with Crippen LogP contribution in [0.2, 0.25) is 0 Å². The van der Waals surface area contributed by atoms with Gasteiger partial charge in [-0.05, 0) is 6.42 Å². The van der Waals surface area contributed by atoms with Gasteiger partial charge in [0.25, 0.3) is 0 Å². The second-order valence-electron chi connectivity index (χ2n) is 4.03. The third-order valence-corrected chi connectivity index (χ3v) is 3.04. The summed E-state index contributed by atoms with van der Waals surface area (Å²) in [5.74, 6) is 0. The molecule has 0 saturated heterocycles. The Kier molecular flexibility index (Phi) is 12.6. The molecular formula is C11H26NO2P. The van der Waals surface area contributed by atoms with Crippen LogP contribution in [0.15, 0.2) is 0 Å². The van der Waals surface area contributed by atoms with Crippen molar-refractivity contribution in [1.29, 1.82) is 0 Å². The summed E-state index contributed by atoms with van der Waals surface area (Å²) < 4.78 is 0. The average molecular weight is 235 g/mol. The second-order valence-corrected chi connectivity index (χ2v) is 4.92. The number of hydrogen-bond acceptors (Lipinski definition) is 3. The van der Waals surface area contributed by atoms with Gasteiger partial charge in [-0.25, -0.2) is 0 Å². The van der Waals surface area contributed by atoms with Gasteiger partial charge in [-0.15, -0.1) is 0 Å². The Morgan fingerprint density at radius 2 is 1.27 bits per heavy atom. The van der Waals surface area contributed by atoms with Crippen molar-refractivity contribution in [2.75, 3.05) is 6.54 Å². The summed E-state index contributed by atoms with van der Waals surface area (Å²) in [7, 11) is -1.89. The summed E-state index contributed by atoms with van der Waals surface area (Å²) in [6, 6.07) is 0. The van der Waals surface area contributed by atoms with Crippen molar-refractivity contribution in [3.63, 3.8) is 0 Å². The minimum Gasteiger partial charge on any atom is -0.338 e. The molecule has 0 aliphatic carbocycles. The van der Waals surface area contributed by atoms with Gasteiger partial charge in [-0.2, -0.15) is 0 Å². The second kappa shape index (κ2) is 12.4. The van der Waals surface area contributed by atoms with Crippen LogP contribution in [0, 0.1) is 0 Å². The monoisotopic (exact) mass is 235 g/mol. The van der Waals surface area contributed by atoms with Crippen LogP contribution in [0.1, 0.15) is 64.7 Å². The molecule has 0 saturated carbocycles.